The summed E-state index contributed by atoms with van der Waals surface area (Å²) >= 11 is 0. The number of methoxy groups -OCH3 is 2. The zero-order valence-corrected chi connectivity index (χ0v) is 14.6. The highest BCUT2D eigenvalue weighted by Gasteiger charge is 2.15. The van der Waals surface area contributed by atoms with Crippen LogP contribution >= 0.6 is 0 Å². The number of carbonyl (C=O) groups is 1. The fourth-order valence-electron chi connectivity index (χ4n) is 2.55. The second-order valence-electron chi connectivity index (χ2n) is 5.66. The molecule has 2 aromatic carbocycles. The maximum Gasteiger partial charge on any atom is 0.346 e. The zero-order chi connectivity index (χ0) is 18.7. The van der Waals surface area contributed by atoms with Gasteiger partial charge in [0.05, 0.1) is 19.8 Å². The number of benzene rings is 2. The fourth-order valence-corrected chi connectivity index (χ4v) is 2.55. The Bertz CT molecular complexity index is 987. The first-order chi connectivity index (χ1) is 12.5. The van der Waals surface area contributed by atoms with Gasteiger partial charge in [-0.05, 0) is 42.8 Å². The van der Waals surface area contributed by atoms with Crippen molar-refractivity contribution < 1.29 is 23.4 Å². The van der Waals surface area contributed by atoms with Gasteiger partial charge in [0.2, 0.25) is 0 Å². The second kappa shape index (κ2) is 7.31. The van der Waals surface area contributed by atoms with E-state index >= 15 is 0 Å². The third-order valence-corrected chi connectivity index (χ3v) is 3.95. The summed E-state index contributed by atoms with van der Waals surface area (Å²) < 4.78 is 20.7. The van der Waals surface area contributed by atoms with Crippen LogP contribution in [0.25, 0.3) is 22.1 Å². The number of fused-ring (bicyclic) bond motifs is 1. The largest absolute Gasteiger partial charge is 0.497 e. The van der Waals surface area contributed by atoms with Crippen LogP contribution < -0.4 is 15.1 Å². The molecule has 3 rings (SSSR count). The monoisotopic (exact) mass is 354 g/mol. The van der Waals surface area contributed by atoms with E-state index < -0.39 is 17.7 Å². The minimum Gasteiger partial charge on any atom is -0.497 e. The maximum absolute atomic E-state index is 12.4. The van der Waals surface area contributed by atoms with Gasteiger partial charge in [0, 0.05) is 11.5 Å². The van der Waals surface area contributed by atoms with Gasteiger partial charge in [-0.15, -0.1) is 0 Å². The van der Waals surface area contributed by atoms with Crippen molar-refractivity contribution in [2.24, 2.45) is 0 Å². The lowest BCUT2D eigenvalue weighted by Gasteiger charge is -2.12. The molecule has 26 heavy (non-hydrogen) atoms. The Labute approximate surface area is 149 Å². The third kappa shape index (κ3) is 3.54. The molecule has 0 bridgehead atoms. The van der Waals surface area contributed by atoms with Crippen molar-refractivity contribution in [1.82, 2.24) is 0 Å². The molecule has 1 unspecified atom stereocenters. The molecule has 3 aromatic rings. The van der Waals surface area contributed by atoms with Crippen molar-refractivity contribution >= 4 is 16.9 Å². The van der Waals surface area contributed by atoms with Gasteiger partial charge in [0.25, 0.3) is 0 Å². The van der Waals surface area contributed by atoms with Gasteiger partial charge in [0.15, 0.2) is 6.10 Å². The quantitative estimate of drug-likeness (QED) is 0.516. The molecular weight excluding hydrogens is 336 g/mol. The maximum atomic E-state index is 12.4. The lowest BCUT2D eigenvalue weighted by molar-refractivity contribution is -0.147. The molecule has 0 aliphatic carbocycles. The van der Waals surface area contributed by atoms with Crippen LogP contribution in [0.4, 0.5) is 0 Å². The molecular formula is C20H18O6. The standard InChI is InChI=1S/C20H18O6/c1-12(19(21)24-3)25-16-9-6-14-10-17(20(22)26-18(14)11-16)13-4-7-15(23-2)8-5-13/h4-12H,1-3H3. The average Bonchev–Trinajstić information content (AvgIpc) is 2.66. The summed E-state index contributed by atoms with van der Waals surface area (Å²) in [7, 11) is 2.88. The average molecular weight is 354 g/mol. The highest BCUT2D eigenvalue weighted by Crippen LogP contribution is 2.26. The van der Waals surface area contributed by atoms with Crippen LogP contribution in [0.3, 0.4) is 0 Å². The minimum atomic E-state index is -0.761. The highest BCUT2D eigenvalue weighted by molar-refractivity contribution is 5.83. The summed E-state index contributed by atoms with van der Waals surface area (Å²) in [6.07, 6.45) is -0.761. The van der Waals surface area contributed by atoms with Crippen LogP contribution in [0, 0.1) is 0 Å². The molecule has 0 aliphatic rings. The molecule has 0 aliphatic heterocycles. The summed E-state index contributed by atoms with van der Waals surface area (Å²) in [5.74, 6) is 0.637. The Morgan fingerprint density at radius 2 is 1.69 bits per heavy atom. The van der Waals surface area contributed by atoms with Gasteiger partial charge in [-0.1, -0.05) is 12.1 Å². The Morgan fingerprint density at radius 3 is 2.35 bits per heavy atom. The lowest BCUT2D eigenvalue weighted by Crippen LogP contribution is -2.24. The predicted molar refractivity (Wildman–Crippen MR) is 96.6 cm³/mol. The molecule has 0 spiro atoms. The van der Waals surface area contributed by atoms with Gasteiger partial charge in [0.1, 0.15) is 17.1 Å². The molecule has 0 amide bonds. The Hall–Kier alpha value is -3.28. The first kappa shape index (κ1) is 17.5. The first-order valence-corrected chi connectivity index (χ1v) is 7.98. The normalized spacial score (nSPS) is 11.8. The Kier molecular flexibility index (Phi) is 4.93. The number of ether oxygens (including phenoxy) is 3. The van der Waals surface area contributed by atoms with E-state index in [1.807, 2.05) is 0 Å². The summed E-state index contributed by atoms with van der Waals surface area (Å²) in [6.45, 7) is 1.58. The predicted octanol–water partition coefficient (Wildman–Crippen LogP) is 3.41. The van der Waals surface area contributed by atoms with Crippen molar-refractivity contribution in [3.8, 4) is 22.6 Å². The molecule has 6 heteroatoms. The summed E-state index contributed by atoms with van der Waals surface area (Å²) in [5.41, 5.74) is 1.11. The minimum absolute atomic E-state index is 0.377. The van der Waals surface area contributed by atoms with Crippen LogP contribution in [0.1, 0.15) is 6.92 Å². The summed E-state index contributed by atoms with van der Waals surface area (Å²) in [6, 6.07) is 14.0. The van der Waals surface area contributed by atoms with E-state index in [1.54, 1.807) is 62.6 Å². The topological polar surface area (TPSA) is 75.0 Å². The lowest BCUT2D eigenvalue weighted by atomic mass is 10.1. The van der Waals surface area contributed by atoms with E-state index in [9.17, 15) is 9.59 Å². The van der Waals surface area contributed by atoms with Crippen molar-refractivity contribution in [1.29, 1.82) is 0 Å². The summed E-state index contributed by atoms with van der Waals surface area (Å²) in [4.78, 5) is 23.8. The van der Waals surface area contributed by atoms with Crippen LogP contribution in [0.5, 0.6) is 11.5 Å². The van der Waals surface area contributed by atoms with Gasteiger partial charge in [-0.3, -0.25) is 0 Å². The number of hydrogen-bond donors (Lipinski definition) is 0. The number of rotatable bonds is 5. The molecule has 1 atom stereocenters. The SMILES string of the molecule is COC(=O)C(C)Oc1ccc2cc(-c3ccc(OC)cc3)c(=O)oc2c1. The second-order valence-corrected chi connectivity index (χ2v) is 5.66. The van der Waals surface area contributed by atoms with Gasteiger partial charge in [-0.25, -0.2) is 9.59 Å². The Balaban J connectivity index is 1.95. The van der Waals surface area contributed by atoms with E-state index in [1.165, 1.54) is 7.11 Å². The molecule has 0 N–H and O–H groups in total. The number of hydrogen-bond acceptors (Lipinski definition) is 6. The van der Waals surface area contributed by atoms with Crippen molar-refractivity contribution in [3.05, 3.63) is 59.0 Å². The van der Waals surface area contributed by atoms with Crippen LogP contribution in [-0.4, -0.2) is 26.3 Å². The summed E-state index contributed by atoms with van der Waals surface area (Å²) in [5, 5.41) is 0.744. The highest BCUT2D eigenvalue weighted by atomic mass is 16.6. The molecule has 0 saturated heterocycles. The van der Waals surface area contributed by atoms with E-state index in [-0.39, 0.29) is 0 Å². The van der Waals surface area contributed by atoms with Gasteiger partial charge in [-0.2, -0.15) is 0 Å². The first-order valence-electron chi connectivity index (χ1n) is 7.98. The molecule has 1 aromatic heterocycles. The van der Waals surface area contributed by atoms with E-state index in [0.717, 1.165) is 10.9 Å². The third-order valence-electron chi connectivity index (χ3n) is 3.95. The molecule has 1 heterocycles. The van der Waals surface area contributed by atoms with Crippen molar-refractivity contribution in [2.75, 3.05) is 14.2 Å². The fraction of sp³-hybridized carbons (Fsp3) is 0.200. The van der Waals surface area contributed by atoms with Crippen molar-refractivity contribution in [3.63, 3.8) is 0 Å². The zero-order valence-electron chi connectivity index (χ0n) is 14.6. The molecule has 0 radical (unpaired) electrons. The van der Waals surface area contributed by atoms with Crippen LogP contribution in [0.15, 0.2) is 57.7 Å². The van der Waals surface area contributed by atoms with Crippen LogP contribution in [-0.2, 0) is 9.53 Å². The van der Waals surface area contributed by atoms with Gasteiger partial charge >= 0.3 is 11.6 Å². The van der Waals surface area contributed by atoms with E-state index in [0.29, 0.717) is 22.6 Å². The molecule has 134 valence electrons. The molecule has 0 fully saturated rings. The molecule has 0 saturated carbocycles. The van der Waals surface area contributed by atoms with Crippen molar-refractivity contribution in [2.45, 2.75) is 13.0 Å². The van der Waals surface area contributed by atoms with Gasteiger partial charge < -0.3 is 18.6 Å². The smallest absolute Gasteiger partial charge is 0.346 e. The number of esters is 1. The Morgan fingerprint density at radius 1 is 1.00 bits per heavy atom. The molecule has 6 nitrogen and oxygen atoms in total. The van der Waals surface area contributed by atoms with E-state index in [2.05, 4.69) is 4.74 Å². The van der Waals surface area contributed by atoms with E-state index in [4.69, 9.17) is 13.9 Å². The van der Waals surface area contributed by atoms with Crippen LogP contribution in [0.2, 0.25) is 0 Å². The number of carbonyl (C=O) groups excluding carboxylic acids is 1.